The lowest BCUT2D eigenvalue weighted by molar-refractivity contribution is -0.157. The maximum Gasteiger partial charge on any atom is 0.416 e. The van der Waals surface area contributed by atoms with Crippen molar-refractivity contribution in [3.05, 3.63) is 29.8 Å². The number of alkyl halides is 3. The molecule has 1 N–H and O–H groups in total. The maximum absolute atomic E-state index is 12.7. The van der Waals surface area contributed by atoms with Crippen molar-refractivity contribution >= 4 is 21.9 Å². The summed E-state index contributed by atoms with van der Waals surface area (Å²) in [5.41, 5.74) is -1.10. The van der Waals surface area contributed by atoms with Gasteiger partial charge in [0.2, 0.25) is 10.0 Å². The maximum atomic E-state index is 12.7. The zero-order valence-electron chi connectivity index (χ0n) is 16.4. The van der Waals surface area contributed by atoms with E-state index in [0.717, 1.165) is 18.2 Å². The molecule has 8 nitrogen and oxygen atoms in total. The Balaban J connectivity index is 1.80. The average molecular weight is 452 g/mol. The van der Waals surface area contributed by atoms with Gasteiger partial charge in [-0.15, -0.1) is 0 Å². The summed E-state index contributed by atoms with van der Waals surface area (Å²) in [6.45, 7) is 3.50. The molecule has 1 saturated heterocycles. The number of benzene rings is 1. The fraction of sp³-hybridized carbons (Fsp3) is 0.556. The minimum Gasteiger partial charge on any atom is -0.456 e. The van der Waals surface area contributed by atoms with Crippen LogP contribution < -0.4 is 4.72 Å². The molecule has 1 aliphatic rings. The van der Waals surface area contributed by atoms with E-state index in [1.807, 2.05) is 18.6 Å². The first-order valence-corrected chi connectivity index (χ1v) is 10.6. The van der Waals surface area contributed by atoms with Crippen LogP contribution in [0.5, 0.6) is 0 Å². The molecule has 2 rings (SSSR count). The summed E-state index contributed by atoms with van der Waals surface area (Å²) in [5.74, 6) is -1.21. The van der Waals surface area contributed by atoms with E-state index in [1.54, 1.807) is 0 Å². The highest BCUT2D eigenvalue weighted by Gasteiger charge is 2.31. The van der Waals surface area contributed by atoms with Crippen molar-refractivity contribution in [1.29, 1.82) is 0 Å². The normalized spacial score (nSPS) is 20.1. The van der Waals surface area contributed by atoms with E-state index in [0.29, 0.717) is 19.2 Å². The Labute approximate surface area is 172 Å². The Kier molecular flexibility index (Phi) is 7.83. The van der Waals surface area contributed by atoms with Gasteiger partial charge in [0.05, 0.1) is 29.1 Å². The number of nitrogens with zero attached hydrogens (tertiary/aromatic N) is 1. The monoisotopic (exact) mass is 452 g/mol. The van der Waals surface area contributed by atoms with Crippen molar-refractivity contribution in [3.63, 3.8) is 0 Å². The van der Waals surface area contributed by atoms with Crippen LogP contribution >= 0.6 is 0 Å². The third kappa shape index (κ3) is 6.96. The third-order valence-electron chi connectivity index (χ3n) is 4.22. The van der Waals surface area contributed by atoms with Crippen molar-refractivity contribution < 1.29 is 40.7 Å². The molecule has 30 heavy (non-hydrogen) atoms. The number of ether oxygens (including phenoxy) is 2. The van der Waals surface area contributed by atoms with Crippen molar-refractivity contribution in [2.24, 2.45) is 0 Å². The predicted molar refractivity (Wildman–Crippen MR) is 98.8 cm³/mol. The van der Waals surface area contributed by atoms with Crippen LogP contribution in [0.4, 0.5) is 13.2 Å². The van der Waals surface area contributed by atoms with Gasteiger partial charge in [0.1, 0.15) is 0 Å². The quantitative estimate of drug-likeness (QED) is 0.630. The van der Waals surface area contributed by atoms with Crippen LogP contribution in [0.15, 0.2) is 29.2 Å². The van der Waals surface area contributed by atoms with Crippen LogP contribution in [0.25, 0.3) is 0 Å². The van der Waals surface area contributed by atoms with Crippen molar-refractivity contribution in [2.75, 3.05) is 26.2 Å². The Bertz CT molecular complexity index is 865. The van der Waals surface area contributed by atoms with Crippen molar-refractivity contribution in [3.8, 4) is 0 Å². The molecule has 1 aliphatic heterocycles. The first kappa shape index (κ1) is 24.1. The number of esters is 1. The highest BCUT2D eigenvalue weighted by molar-refractivity contribution is 7.89. The molecule has 1 aromatic carbocycles. The van der Waals surface area contributed by atoms with Gasteiger partial charge in [-0.25, -0.2) is 13.1 Å². The molecule has 0 bridgehead atoms. The minimum atomic E-state index is -4.68. The van der Waals surface area contributed by atoms with Gasteiger partial charge < -0.3 is 14.4 Å². The number of halogens is 3. The third-order valence-corrected chi connectivity index (χ3v) is 5.68. The van der Waals surface area contributed by atoms with Crippen LogP contribution in [0.1, 0.15) is 25.8 Å². The molecule has 1 aromatic rings. The van der Waals surface area contributed by atoms with Gasteiger partial charge in [0.25, 0.3) is 5.91 Å². The second kappa shape index (κ2) is 9.75. The van der Waals surface area contributed by atoms with Crippen molar-refractivity contribution in [1.82, 2.24) is 9.62 Å². The molecule has 0 saturated carbocycles. The van der Waals surface area contributed by atoms with E-state index in [1.165, 1.54) is 4.90 Å². The van der Waals surface area contributed by atoms with Crippen LogP contribution in [0, 0.1) is 0 Å². The smallest absolute Gasteiger partial charge is 0.416 e. The fourth-order valence-electron chi connectivity index (χ4n) is 2.90. The Morgan fingerprint density at radius 1 is 1.23 bits per heavy atom. The van der Waals surface area contributed by atoms with Gasteiger partial charge in [0.15, 0.2) is 6.61 Å². The molecule has 0 spiro atoms. The molecule has 0 aromatic heterocycles. The summed E-state index contributed by atoms with van der Waals surface area (Å²) in [7, 11) is -4.25. The summed E-state index contributed by atoms with van der Waals surface area (Å²) in [4.78, 5) is 24.8. The van der Waals surface area contributed by atoms with Crippen molar-refractivity contribution in [2.45, 2.75) is 43.5 Å². The summed E-state index contributed by atoms with van der Waals surface area (Å²) in [5, 5.41) is 0. The van der Waals surface area contributed by atoms with E-state index < -0.39 is 51.7 Å². The molecule has 0 radical (unpaired) electrons. The summed E-state index contributed by atoms with van der Waals surface area (Å²) in [6, 6.07) is 3.25. The predicted octanol–water partition coefficient (Wildman–Crippen LogP) is 1.55. The molecular formula is C18H23F3N2O6S. The molecule has 12 heteroatoms. The first-order chi connectivity index (χ1) is 13.9. The van der Waals surface area contributed by atoms with E-state index in [9.17, 15) is 31.2 Å². The van der Waals surface area contributed by atoms with E-state index in [4.69, 9.17) is 9.47 Å². The molecule has 0 aliphatic carbocycles. The largest absolute Gasteiger partial charge is 0.456 e. The second-order valence-corrected chi connectivity index (χ2v) is 8.66. The van der Waals surface area contributed by atoms with Gasteiger partial charge in [-0.3, -0.25) is 9.59 Å². The average Bonchev–Trinajstić information content (AvgIpc) is 2.64. The number of carbonyl (C=O) groups is 2. The topological polar surface area (TPSA) is 102 Å². The summed E-state index contributed by atoms with van der Waals surface area (Å²) >= 11 is 0. The molecule has 1 amide bonds. The van der Waals surface area contributed by atoms with E-state index >= 15 is 0 Å². The van der Waals surface area contributed by atoms with E-state index in [2.05, 4.69) is 0 Å². The number of rotatable bonds is 7. The van der Waals surface area contributed by atoms with Gasteiger partial charge in [0, 0.05) is 19.6 Å². The molecular weight excluding hydrogens is 429 g/mol. The van der Waals surface area contributed by atoms with Gasteiger partial charge in [-0.2, -0.15) is 13.2 Å². The van der Waals surface area contributed by atoms with Gasteiger partial charge in [-0.05, 0) is 32.0 Å². The van der Waals surface area contributed by atoms with Gasteiger partial charge >= 0.3 is 12.1 Å². The molecule has 2 unspecified atom stereocenters. The highest BCUT2D eigenvalue weighted by atomic mass is 32.2. The number of morpholine rings is 1. The zero-order valence-corrected chi connectivity index (χ0v) is 17.3. The van der Waals surface area contributed by atoms with Crippen LogP contribution in [-0.2, 0) is 35.3 Å². The lowest BCUT2D eigenvalue weighted by atomic mass is 10.2. The number of carbonyl (C=O) groups excluding carboxylic acids is 2. The van der Waals surface area contributed by atoms with Crippen LogP contribution in [0.3, 0.4) is 0 Å². The van der Waals surface area contributed by atoms with Crippen LogP contribution in [-0.4, -0.2) is 63.6 Å². The van der Waals surface area contributed by atoms with E-state index in [-0.39, 0.29) is 18.6 Å². The summed E-state index contributed by atoms with van der Waals surface area (Å²) < 4.78 is 74.8. The first-order valence-electron chi connectivity index (χ1n) is 9.14. The lowest BCUT2D eigenvalue weighted by Gasteiger charge is -2.35. The minimum absolute atomic E-state index is 0.140. The Hall–Kier alpha value is -2.18. The highest BCUT2D eigenvalue weighted by Crippen LogP contribution is 2.30. The number of hydrogen-bond donors (Lipinski definition) is 1. The zero-order chi connectivity index (χ0) is 22.5. The Morgan fingerprint density at radius 3 is 2.47 bits per heavy atom. The van der Waals surface area contributed by atoms with Crippen LogP contribution in [0.2, 0.25) is 0 Å². The standard InChI is InChI=1S/C18H23F3N2O6S/c1-12-9-23(10-13(2)29-12)16(24)11-28-17(25)6-7-22-30(26,27)15-5-3-4-14(8-15)18(19,20)21/h3-5,8,12-13,22H,6-7,9-11H2,1-2H3. The number of sulfonamides is 1. The molecule has 2 atom stereocenters. The Morgan fingerprint density at radius 2 is 1.87 bits per heavy atom. The number of nitrogens with one attached hydrogen (secondary N) is 1. The SMILES string of the molecule is CC1CN(C(=O)COC(=O)CCNS(=O)(=O)c2cccc(C(F)(F)F)c2)CC(C)O1. The second-order valence-electron chi connectivity index (χ2n) is 6.89. The summed E-state index contributed by atoms with van der Waals surface area (Å²) in [6.07, 6.45) is -5.35. The number of hydrogen-bond acceptors (Lipinski definition) is 6. The molecule has 168 valence electrons. The molecule has 1 heterocycles. The lowest BCUT2D eigenvalue weighted by Crippen LogP contribution is -2.49. The number of amides is 1. The fourth-order valence-corrected chi connectivity index (χ4v) is 3.97. The van der Waals surface area contributed by atoms with Gasteiger partial charge in [-0.1, -0.05) is 6.07 Å². The molecule has 1 fully saturated rings.